The molecule has 0 unspecified atom stereocenters. The summed E-state index contributed by atoms with van der Waals surface area (Å²) in [7, 11) is 0. The summed E-state index contributed by atoms with van der Waals surface area (Å²) in [4.78, 5) is 16.3. The van der Waals surface area contributed by atoms with Crippen LogP contribution in [0.3, 0.4) is 0 Å². The Bertz CT molecular complexity index is 815. The molecule has 4 rings (SSSR count). The average Bonchev–Trinajstić information content (AvgIpc) is 2.98. The van der Waals surface area contributed by atoms with Crippen molar-refractivity contribution < 1.29 is 4.79 Å². The molecule has 1 saturated heterocycles. The van der Waals surface area contributed by atoms with Crippen molar-refractivity contribution >= 4 is 5.91 Å². The number of hydrogen-bond acceptors (Lipinski definition) is 4. The van der Waals surface area contributed by atoms with Gasteiger partial charge in [0.05, 0.1) is 0 Å². The van der Waals surface area contributed by atoms with Gasteiger partial charge < -0.3 is 9.47 Å². The van der Waals surface area contributed by atoms with Crippen LogP contribution in [0.1, 0.15) is 48.5 Å². The third-order valence-corrected chi connectivity index (χ3v) is 6.03. The lowest BCUT2D eigenvalue weighted by Gasteiger charge is -2.31. The van der Waals surface area contributed by atoms with E-state index in [0.29, 0.717) is 5.92 Å². The zero-order valence-corrected chi connectivity index (χ0v) is 16.4. The fourth-order valence-electron chi connectivity index (χ4n) is 4.35. The van der Waals surface area contributed by atoms with Gasteiger partial charge in [0.2, 0.25) is 5.91 Å². The number of carbonyl (C=O) groups is 1. The van der Waals surface area contributed by atoms with Gasteiger partial charge in [-0.2, -0.15) is 0 Å². The minimum Gasteiger partial charge on any atom is -0.342 e. The van der Waals surface area contributed by atoms with Crippen molar-refractivity contribution in [1.29, 1.82) is 0 Å². The number of aryl methyl sites for hydroxylation is 1. The molecule has 0 spiro atoms. The maximum absolute atomic E-state index is 11.8. The van der Waals surface area contributed by atoms with Crippen LogP contribution in [0, 0.1) is 6.92 Å². The lowest BCUT2D eigenvalue weighted by molar-refractivity contribution is -0.130. The Hall–Kier alpha value is -2.21. The monoisotopic (exact) mass is 367 g/mol. The van der Waals surface area contributed by atoms with E-state index in [1.807, 2.05) is 4.90 Å². The standard InChI is InChI=1S/C21H29N5O/c1-16-6-3-4-7-18(16)14-24-11-9-20-22-23-21(26(20)13-12-24)19-8-5-10-25(15-19)17(2)27/h3-4,6-7,19H,5,8-15H2,1-2H3/t19-/m1/s1. The lowest BCUT2D eigenvalue weighted by Crippen LogP contribution is -2.38. The molecular weight excluding hydrogens is 338 g/mol. The number of hydrogen-bond donors (Lipinski definition) is 0. The normalized spacial score (nSPS) is 21.0. The first kappa shape index (κ1) is 18.2. The van der Waals surface area contributed by atoms with Gasteiger partial charge in [0.1, 0.15) is 11.6 Å². The summed E-state index contributed by atoms with van der Waals surface area (Å²) in [5, 5.41) is 9.04. The van der Waals surface area contributed by atoms with E-state index in [2.05, 4.69) is 50.9 Å². The molecule has 2 aliphatic heterocycles. The molecule has 6 heteroatoms. The van der Waals surface area contributed by atoms with Gasteiger partial charge >= 0.3 is 0 Å². The van der Waals surface area contributed by atoms with Gasteiger partial charge in [-0.05, 0) is 30.9 Å². The second-order valence-corrected chi connectivity index (χ2v) is 7.88. The zero-order chi connectivity index (χ0) is 18.8. The Labute approximate surface area is 161 Å². The molecule has 1 aromatic carbocycles. The van der Waals surface area contributed by atoms with Crippen LogP contribution < -0.4 is 0 Å². The van der Waals surface area contributed by atoms with Crippen LogP contribution in [-0.4, -0.2) is 56.7 Å². The summed E-state index contributed by atoms with van der Waals surface area (Å²) in [5.74, 6) is 2.65. The van der Waals surface area contributed by atoms with Crippen LogP contribution in [0.15, 0.2) is 24.3 Å². The number of benzene rings is 1. The fraction of sp³-hybridized carbons (Fsp3) is 0.571. The van der Waals surface area contributed by atoms with Crippen LogP contribution in [0.4, 0.5) is 0 Å². The smallest absolute Gasteiger partial charge is 0.219 e. The van der Waals surface area contributed by atoms with Crippen LogP contribution >= 0.6 is 0 Å². The van der Waals surface area contributed by atoms with Gasteiger partial charge in [0.25, 0.3) is 0 Å². The Balaban J connectivity index is 1.46. The molecule has 0 radical (unpaired) electrons. The first-order valence-corrected chi connectivity index (χ1v) is 10.1. The van der Waals surface area contributed by atoms with E-state index < -0.39 is 0 Å². The molecule has 1 fully saturated rings. The minimum atomic E-state index is 0.166. The molecule has 2 aliphatic rings. The summed E-state index contributed by atoms with van der Waals surface area (Å²) >= 11 is 0. The van der Waals surface area contributed by atoms with Crippen molar-refractivity contribution in [1.82, 2.24) is 24.6 Å². The molecule has 0 bridgehead atoms. The highest BCUT2D eigenvalue weighted by Crippen LogP contribution is 2.27. The highest BCUT2D eigenvalue weighted by Gasteiger charge is 2.29. The summed E-state index contributed by atoms with van der Waals surface area (Å²) in [6.45, 7) is 9.44. The van der Waals surface area contributed by atoms with E-state index in [4.69, 9.17) is 0 Å². The Morgan fingerprint density at radius 1 is 1.15 bits per heavy atom. The van der Waals surface area contributed by atoms with Gasteiger partial charge in [0.15, 0.2) is 0 Å². The van der Waals surface area contributed by atoms with Gasteiger partial charge in [-0.25, -0.2) is 0 Å². The van der Waals surface area contributed by atoms with Crippen molar-refractivity contribution in [3.05, 3.63) is 47.0 Å². The summed E-state index contributed by atoms with van der Waals surface area (Å²) < 4.78 is 2.33. The van der Waals surface area contributed by atoms with Gasteiger partial charge in [-0.1, -0.05) is 24.3 Å². The number of piperidine rings is 1. The molecule has 144 valence electrons. The Morgan fingerprint density at radius 3 is 2.81 bits per heavy atom. The van der Waals surface area contributed by atoms with Crippen LogP contribution in [0.2, 0.25) is 0 Å². The predicted octanol–water partition coefficient (Wildman–Crippen LogP) is 2.37. The molecule has 6 nitrogen and oxygen atoms in total. The van der Waals surface area contributed by atoms with E-state index in [1.54, 1.807) is 6.92 Å². The van der Waals surface area contributed by atoms with Crippen molar-refractivity contribution in [3.8, 4) is 0 Å². The molecule has 1 aromatic heterocycles. The molecule has 27 heavy (non-hydrogen) atoms. The van der Waals surface area contributed by atoms with Gasteiger partial charge in [-0.3, -0.25) is 9.69 Å². The summed E-state index contributed by atoms with van der Waals surface area (Å²) in [6.07, 6.45) is 3.07. The predicted molar refractivity (Wildman–Crippen MR) is 104 cm³/mol. The maximum Gasteiger partial charge on any atom is 0.219 e. The average molecular weight is 367 g/mol. The van der Waals surface area contributed by atoms with Crippen LogP contribution in [0.5, 0.6) is 0 Å². The Morgan fingerprint density at radius 2 is 2.00 bits per heavy atom. The van der Waals surface area contributed by atoms with E-state index in [1.165, 1.54) is 11.1 Å². The van der Waals surface area contributed by atoms with Crippen molar-refractivity contribution in [2.45, 2.75) is 52.1 Å². The van der Waals surface area contributed by atoms with Gasteiger partial charge in [0, 0.05) is 58.5 Å². The third-order valence-electron chi connectivity index (χ3n) is 6.03. The quantitative estimate of drug-likeness (QED) is 0.836. The largest absolute Gasteiger partial charge is 0.342 e. The SMILES string of the molecule is CC(=O)N1CCC[C@@H](c2nnc3n2CCN(Cc2ccccc2C)CC3)C1. The molecule has 2 aromatic rings. The molecule has 1 atom stereocenters. The van der Waals surface area contributed by atoms with E-state index in [9.17, 15) is 4.79 Å². The molecule has 3 heterocycles. The molecule has 0 saturated carbocycles. The molecule has 0 aliphatic carbocycles. The second kappa shape index (κ2) is 7.80. The van der Waals surface area contributed by atoms with E-state index in [-0.39, 0.29) is 5.91 Å². The van der Waals surface area contributed by atoms with E-state index in [0.717, 1.165) is 70.2 Å². The number of nitrogens with zero attached hydrogens (tertiary/aromatic N) is 5. The number of fused-ring (bicyclic) bond motifs is 1. The number of rotatable bonds is 3. The zero-order valence-electron chi connectivity index (χ0n) is 16.4. The molecule has 0 N–H and O–H groups in total. The molecule has 1 amide bonds. The van der Waals surface area contributed by atoms with Crippen LogP contribution in [0.25, 0.3) is 0 Å². The second-order valence-electron chi connectivity index (χ2n) is 7.88. The lowest BCUT2D eigenvalue weighted by atomic mass is 9.97. The number of likely N-dealkylation sites (tertiary alicyclic amines) is 1. The van der Waals surface area contributed by atoms with Crippen LogP contribution in [-0.2, 0) is 24.3 Å². The summed E-state index contributed by atoms with van der Waals surface area (Å²) in [5.41, 5.74) is 2.76. The summed E-state index contributed by atoms with van der Waals surface area (Å²) in [6, 6.07) is 8.63. The number of aromatic nitrogens is 3. The highest BCUT2D eigenvalue weighted by molar-refractivity contribution is 5.73. The number of amides is 1. The minimum absolute atomic E-state index is 0.166. The van der Waals surface area contributed by atoms with Crippen molar-refractivity contribution in [3.63, 3.8) is 0 Å². The molecular formula is C21H29N5O. The third kappa shape index (κ3) is 3.90. The maximum atomic E-state index is 11.8. The first-order valence-electron chi connectivity index (χ1n) is 10.1. The fourth-order valence-corrected chi connectivity index (χ4v) is 4.35. The highest BCUT2D eigenvalue weighted by atomic mass is 16.2. The van der Waals surface area contributed by atoms with E-state index >= 15 is 0 Å². The number of carbonyl (C=O) groups excluding carboxylic acids is 1. The first-order chi connectivity index (χ1) is 13.1. The van der Waals surface area contributed by atoms with Crippen molar-refractivity contribution in [2.24, 2.45) is 0 Å². The van der Waals surface area contributed by atoms with Gasteiger partial charge in [-0.15, -0.1) is 10.2 Å². The topological polar surface area (TPSA) is 54.3 Å². The van der Waals surface area contributed by atoms with Crippen molar-refractivity contribution in [2.75, 3.05) is 26.2 Å². The Kier molecular flexibility index (Phi) is 5.25.